The van der Waals surface area contributed by atoms with E-state index in [0.717, 1.165) is 31.3 Å². The molecule has 3 heteroatoms. The van der Waals surface area contributed by atoms with Crippen LogP contribution in [0.1, 0.15) is 64.1 Å². The fourth-order valence-electron chi connectivity index (χ4n) is 2.95. The highest BCUT2D eigenvalue weighted by molar-refractivity contribution is 5.14. The highest BCUT2D eigenvalue weighted by Crippen LogP contribution is 2.46. The van der Waals surface area contributed by atoms with Gasteiger partial charge in [0.1, 0.15) is 17.6 Å². The van der Waals surface area contributed by atoms with Gasteiger partial charge in [-0.15, -0.1) is 0 Å². The first-order valence-electron chi connectivity index (χ1n) is 8.34. The molecule has 3 nitrogen and oxygen atoms in total. The minimum atomic E-state index is 0.0434. The van der Waals surface area contributed by atoms with E-state index in [1.54, 1.807) is 0 Å². The predicted octanol–water partition coefficient (Wildman–Crippen LogP) is 4.90. The zero-order valence-corrected chi connectivity index (χ0v) is 14.0. The number of rotatable bonds is 9. The fraction of sp³-hybridized carbons (Fsp3) is 0.778. The first kappa shape index (κ1) is 16.6. The van der Waals surface area contributed by atoms with Crippen LogP contribution in [-0.2, 0) is 9.47 Å². The van der Waals surface area contributed by atoms with E-state index in [0.29, 0.717) is 5.92 Å². The van der Waals surface area contributed by atoms with Gasteiger partial charge in [0.25, 0.3) is 0 Å². The summed E-state index contributed by atoms with van der Waals surface area (Å²) in [7, 11) is 0. The van der Waals surface area contributed by atoms with Gasteiger partial charge in [-0.1, -0.05) is 40.0 Å². The van der Waals surface area contributed by atoms with Gasteiger partial charge >= 0.3 is 0 Å². The number of hydrogen-bond acceptors (Lipinski definition) is 3. The van der Waals surface area contributed by atoms with Crippen LogP contribution < -0.4 is 0 Å². The molecule has 0 aliphatic carbocycles. The van der Waals surface area contributed by atoms with E-state index in [-0.39, 0.29) is 11.5 Å². The molecule has 2 rings (SSSR count). The van der Waals surface area contributed by atoms with E-state index in [4.69, 9.17) is 13.9 Å². The van der Waals surface area contributed by atoms with Gasteiger partial charge in [-0.05, 0) is 31.4 Å². The Morgan fingerprint density at radius 3 is 2.71 bits per heavy atom. The Labute approximate surface area is 129 Å². The van der Waals surface area contributed by atoms with E-state index in [9.17, 15) is 0 Å². The van der Waals surface area contributed by atoms with E-state index in [1.165, 1.54) is 25.7 Å². The zero-order chi connectivity index (χ0) is 15.3. The van der Waals surface area contributed by atoms with Gasteiger partial charge in [-0.3, -0.25) is 0 Å². The number of furan rings is 1. The molecule has 1 aromatic heterocycles. The van der Waals surface area contributed by atoms with Crippen molar-refractivity contribution in [2.45, 2.75) is 59.5 Å². The summed E-state index contributed by atoms with van der Waals surface area (Å²) in [6.45, 7) is 11.1. The lowest BCUT2D eigenvalue weighted by atomic mass is 9.80. The summed E-state index contributed by atoms with van der Waals surface area (Å²) >= 11 is 0. The summed E-state index contributed by atoms with van der Waals surface area (Å²) in [6.07, 6.45) is 5.09. The highest BCUT2D eigenvalue weighted by atomic mass is 16.5. The smallest absolute Gasteiger partial charge is 0.133 e. The van der Waals surface area contributed by atoms with Crippen LogP contribution in [0.25, 0.3) is 0 Å². The van der Waals surface area contributed by atoms with Crippen molar-refractivity contribution in [3.63, 3.8) is 0 Å². The monoisotopic (exact) mass is 294 g/mol. The number of unbranched alkanes of at least 4 members (excludes halogenated alkanes) is 1. The Kier molecular flexibility index (Phi) is 5.88. The van der Waals surface area contributed by atoms with Crippen LogP contribution in [-0.4, -0.2) is 19.8 Å². The molecule has 0 radical (unpaired) electrons. The average Bonchev–Trinajstić information content (AvgIpc) is 2.87. The fourth-order valence-corrected chi connectivity index (χ4v) is 2.95. The summed E-state index contributed by atoms with van der Waals surface area (Å²) in [6, 6.07) is 4.02. The molecule has 1 aliphatic heterocycles. The largest absolute Gasteiger partial charge is 0.464 e. The molecule has 1 fully saturated rings. The van der Waals surface area contributed by atoms with Crippen molar-refractivity contribution in [2.24, 2.45) is 11.3 Å². The lowest BCUT2D eigenvalue weighted by Gasteiger charge is -2.45. The molecular weight excluding hydrogens is 264 g/mol. The summed E-state index contributed by atoms with van der Waals surface area (Å²) in [5.41, 5.74) is 0.0489. The molecule has 0 amide bonds. The van der Waals surface area contributed by atoms with Gasteiger partial charge < -0.3 is 13.9 Å². The summed E-state index contributed by atoms with van der Waals surface area (Å²) in [5, 5.41) is 0. The molecule has 0 bridgehead atoms. The van der Waals surface area contributed by atoms with E-state index in [2.05, 4.69) is 20.8 Å². The molecule has 1 aromatic rings. The third kappa shape index (κ3) is 4.10. The van der Waals surface area contributed by atoms with E-state index >= 15 is 0 Å². The second-order valence-electron chi connectivity index (χ2n) is 6.73. The molecular formula is C18H30O3. The molecule has 0 N–H and O–H groups in total. The number of aryl methyl sites for hydroxylation is 1. The normalized spacial score (nSPS) is 26.6. The standard InChI is InChI=1S/C18H30O3/c1-5-7-8-15(6-2)11-19-12-18(4)13-20-17(18)16-10-9-14(3)21-16/h9-10,15,17H,5-8,11-13H2,1-4H3. The zero-order valence-electron chi connectivity index (χ0n) is 14.0. The number of hydrogen-bond donors (Lipinski definition) is 0. The lowest BCUT2D eigenvalue weighted by Crippen LogP contribution is -2.46. The number of ether oxygens (including phenoxy) is 2. The Bertz CT molecular complexity index is 426. The second-order valence-corrected chi connectivity index (χ2v) is 6.73. The maximum absolute atomic E-state index is 6.03. The predicted molar refractivity (Wildman–Crippen MR) is 84.4 cm³/mol. The van der Waals surface area contributed by atoms with Gasteiger partial charge in [0.2, 0.25) is 0 Å². The molecule has 21 heavy (non-hydrogen) atoms. The molecule has 120 valence electrons. The molecule has 1 aliphatic rings. The topological polar surface area (TPSA) is 31.6 Å². The molecule has 0 aromatic carbocycles. The summed E-state index contributed by atoms with van der Waals surface area (Å²) < 4.78 is 17.5. The molecule has 3 unspecified atom stereocenters. The van der Waals surface area contributed by atoms with Crippen LogP contribution in [0.3, 0.4) is 0 Å². The minimum absolute atomic E-state index is 0.0434. The quantitative estimate of drug-likeness (QED) is 0.649. The molecule has 1 saturated heterocycles. The van der Waals surface area contributed by atoms with Crippen molar-refractivity contribution in [3.05, 3.63) is 23.7 Å². The average molecular weight is 294 g/mol. The Hall–Kier alpha value is -0.800. The van der Waals surface area contributed by atoms with E-state index in [1.807, 2.05) is 19.1 Å². The Balaban J connectivity index is 1.79. The summed E-state index contributed by atoms with van der Waals surface area (Å²) in [4.78, 5) is 0. The minimum Gasteiger partial charge on any atom is -0.464 e. The van der Waals surface area contributed by atoms with Crippen molar-refractivity contribution in [2.75, 3.05) is 19.8 Å². The molecule has 3 atom stereocenters. The van der Waals surface area contributed by atoms with Crippen LogP contribution in [0.2, 0.25) is 0 Å². The third-order valence-corrected chi connectivity index (χ3v) is 4.56. The molecule has 0 saturated carbocycles. The van der Waals surface area contributed by atoms with Gasteiger partial charge in [0, 0.05) is 12.0 Å². The summed E-state index contributed by atoms with van der Waals surface area (Å²) in [5.74, 6) is 2.57. The maximum atomic E-state index is 6.03. The van der Waals surface area contributed by atoms with Gasteiger partial charge in [-0.25, -0.2) is 0 Å². The van der Waals surface area contributed by atoms with Crippen LogP contribution in [0.4, 0.5) is 0 Å². The first-order valence-corrected chi connectivity index (χ1v) is 8.34. The van der Waals surface area contributed by atoms with Crippen LogP contribution in [0.5, 0.6) is 0 Å². The van der Waals surface area contributed by atoms with Crippen LogP contribution in [0.15, 0.2) is 16.5 Å². The molecule has 2 heterocycles. The van der Waals surface area contributed by atoms with Gasteiger partial charge in [-0.2, -0.15) is 0 Å². The Morgan fingerprint density at radius 1 is 1.38 bits per heavy atom. The highest BCUT2D eigenvalue weighted by Gasteiger charge is 2.47. The Morgan fingerprint density at radius 2 is 2.19 bits per heavy atom. The first-order chi connectivity index (χ1) is 10.1. The SMILES string of the molecule is CCCCC(CC)COCC1(C)COC1c1ccc(C)o1. The van der Waals surface area contributed by atoms with Crippen molar-refractivity contribution >= 4 is 0 Å². The molecule has 0 spiro atoms. The van der Waals surface area contributed by atoms with Crippen molar-refractivity contribution in [3.8, 4) is 0 Å². The van der Waals surface area contributed by atoms with Crippen molar-refractivity contribution in [1.82, 2.24) is 0 Å². The second kappa shape index (κ2) is 7.46. The van der Waals surface area contributed by atoms with Crippen molar-refractivity contribution in [1.29, 1.82) is 0 Å². The third-order valence-electron chi connectivity index (χ3n) is 4.56. The maximum Gasteiger partial charge on any atom is 0.133 e. The van der Waals surface area contributed by atoms with Crippen LogP contribution in [0, 0.1) is 18.3 Å². The van der Waals surface area contributed by atoms with Crippen molar-refractivity contribution < 1.29 is 13.9 Å². The van der Waals surface area contributed by atoms with Gasteiger partial charge in [0.05, 0.1) is 13.2 Å². The van der Waals surface area contributed by atoms with Gasteiger partial charge in [0.15, 0.2) is 0 Å². The van der Waals surface area contributed by atoms with Crippen LogP contribution >= 0.6 is 0 Å². The van der Waals surface area contributed by atoms with E-state index < -0.39 is 0 Å². The lowest BCUT2D eigenvalue weighted by molar-refractivity contribution is -0.215.